The largest absolute Gasteiger partial charge is 0.311 e. The van der Waals surface area contributed by atoms with Crippen LogP contribution in [0.25, 0.3) is 0 Å². The number of nitrogens with zero attached hydrogens (tertiary/aromatic N) is 1. The summed E-state index contributed by atoms with van der Waals surface area (Å²) in [6.45, 7) is 14.5. The Morgan fingerprint density at radius 3 is 2.40 bits per heavy atom. The fourth-order valence-corrected chi connectivity index (χ4v) is 3.92. The van der Waals surface area contributed by atoms with Gasteiger partial charge in [-0.25, -0.2) is 0 Å². The van der Waals surface area contributed by atoms with Crippen LogP contribution >= 0.6 is 0 Å². The highest BCUT2D eigenvalue weighted by Gasteiger charge is 2.36. The van der Waals surface area contributed by atoms with Crippen LogP contribution in [0.1, 0.15) is 72.6 Å². The summed E-state index contributed by atoms with van der Waals surface area (Å²) in [4.78, 5) is 2.78. The fraction of sp³-hybridized carbons (Fsp3) is 1.00. The standard InChI is InChI=1S/C18H36N2/c1-16-8-7-12-20(13-9-16)15-18(10-5-6-11-18)14-19-17(2,3)4/h16,19H,5-15H2,1-4H3. The van der Waals surface area contributed by atoms with Crippen molar-refractivity contribution in [1.29, 1.82) is 0 Å². The van der Waals surface area contributed by atoms with Gasteiger partial charge in [0.2, 0.25) is 0 Å². The van der Waals surface area contributed by atoms with E-state index in [1.54, 1.807) is 0 Å². The summed E-state index contributed by atoms with van der Waals surface area (Å²) in [5, 5.41) is 3.79. The minimum atomic E-state index is 0.253. The summed E-state index contributed by atoms with van der Waals surface area (Å²) < 4.78 is 0. The van der Waals surface area contributed by atoms with Crippen LogP contribution in [-0.2, 0) is 0 Å². The lowest BCUT2D eigenvalue weighted by Crippen LogP contribution is -2.48. The van der Waals surface area contributed by atoms with Crippen molar-refractivity contribution < 1.29 is 0 Å². The molecule has 2 heteroatoms. The number of nitrogens with one attached hydrogen (secondary N) is 1. The summed E-state index contributed by atoms with van der Waals surface area (Å²) in [7, 11) is 0. The van der Waals surface area contributed by atoms with Gasteiger partial charge in [0.05, 0.1) is 0 Å². The highest BCUT2D eigenvalue weighted by atomic mass is 15.1. The van der Waals surface area contributed by atoms with Crippen LogP contribution in [-0.4, -0.2) is 36.6 Å². The molecule has 2 rings (SSSR count). The molecule has 1 atom stereocenters. The van der Waals surface area contributed by atoms with Crippen LogP contribution < -0.4 is 5.32 Å². The lowest BCUT2D eigenvalue weighted by atomic mass is 9.84. The normalized spacial score (nSPS) is 28.5. The van der Waals surface area contributed by atoms with E-state index in [9.17, 15) is 0 Å². The Labute approximate surface area is 126 Å². The van der Waals surface area contributed by atoms with Gasteiger partial charge in [-0.3, -0.25) is 0 Å². The van der Waals surface area contributed by atoms with Gasteiger partial charge in [-0.1, -0.05) is 19.8 Å². The number of likely N-dealkylation sites (tertiary alicyclic amines) is 1. The second-order valence-electron chi connectivity index (χ2n) is 8.62. The van der Waals surface area contributed by atoms with Crippen molar-refractivity contribution in [3.05, 3.63) is 0 Å². The first kappa shape index (κ1) is 16.3. The molecule has 0 aromatic rings. The average molecular weight is 280 g/mol. The molecule has 0 radical (unpaired) electrons. The molecule has 1 aliphatic heterocycles. The van der Waals surface area contributed by atoms with Gasteiger partial charge in [0.25, 0.3) is 0 Å². The number of hydrogen-bond donors (Lipinski definition) is 1. The van der Waals surface area contributed by atoms with Gasteiger partial charge in [0.1, 0.15) is 0 Å². The van der Waals surface area contributed by atoms with Crippen molar-refractivity contribution in [2.24, 2.45) is 11.3 Å². The molecule has 1 saturated carbocycles. The van der Waals surface area contributed by atoms with Gasteiger partial charge in [-0.05, 0) is 77.3 Å². The Bertz CT molecular complexity index is 286. The first-order valence-corrected chi connectivity index (χ1v) is 8.86. The van der Waals surface area contributed by atoms with Gasteiger partial charge < -0.3 is 10.2 Å². The molecule has 1 heterocycles. The molecule has 0 spiro atoms. The Morgan fingerprint density at radius 2 is 1.75 bits per heavy atom. The predicted octanol–water partition coefficient (Wildman–Crippen LogP) is 4.06. The predicted molar refractivity (Wildman–Crippen MR) is 88.1 cm³/mol. The van der Waals surface area contributed by atoms with Gasteiger partial charge in [-0.2, -0.15) is 0 Å². The molecule has 2 nitrogen and oxygen atoms in total. The van der Waals surface area contributed by atoms with Crippen LogP contribution in [0.2, 0.25) is 0 Å². The maximum absolute atomic E-state index is 3.79. The Kier molecular flexibility index (Phi) is 5.53. The highest BCUT2D eigenvalue weighted by Crippen LogP contribution is 2.39. The van der Waals surface area contributed by atoms with Crippen LogP contribution in [0.4, 0.5) is 0 Å². The third-order valence-electron chi connectivity index (χ3n) is 5.33. The molecule has 2 aliphatic rings. The molecule has 1 aliphatic carbocycles. The molecule has 2 fully saturated rings. The van der Waals surface area contributed by atoms with E-state index < -0.39 is 0 Å². The summed E-state index contributed by atoms with van der Waals surface area (Å²) in [5.41, 5.74) is 0.809. The van der Waals surface area contributed by atoms with E-state index in [0.29, 0.717) is 5.41 Å². The molecule has 118 valence electrons. The zero-order valence-corrected chi connectivity index (χ0v) is 14.3. The molecule has 0 amide bonds. The fourth-order valence-electron chi connectivity index (χ4n) is 3.92. The molecular formula is C18H36N2. The molecule has 1 N–H and O–H groups in total. The van der Waals surface area contributed by atoms with Crippen molar-refractivity contribution >= 4 is 0 Å². The molecular weight excluding hydrogens is 244 g/mol. The Hall–Kier alpha value is -0.0800. The quantitative estimate of drug-likeness (QED) is 0.835. The van der Waals surface area contributed by atoms with Gasteiger partial charge >= 0.3 is 0 Å². The molecule has 1 unspecified atom stereocenters. The van der Waals surface area contributed by atoms with Gasteiger partial charge in [0.15, 0.2) is 0 Å². The Morgan fingerprint density at radius 1 is 1.05 bits per heavy atom. The van der Waals surface area contributed by atoms with Gasteiger partial charge in [0, 0.05) is 18.6 Å². The summed E-state index contributed by atoms with van der Waals surface area (Å²) in [6.07, 6.45) is 9.99. The number of rotatable bonds is 4. The van der Waals surface area contributed by atoms with E-state index in [1.165, 1.54) is 71.1 Å². The maximum atomic E-state index is 3.79. The topological polar surface area (TPSA) is 15.3 Å². The first-order chi connectivity index (χ1) is 9.39. The first-order valence-electron chi connectivity index (χ1n) is 8.86. The van der Waals surface area contributed by atoms with E-state index in [4.69, 9.17) is 0 Å². The van der Waals surface area contributed by atoms with E-state index in [-0.39, 0.29) is 5.54 Å². The maximum Gasteiger partial charge on any atom is 0.00967 e. The van der Waals surface area contributed by atoms with Crippen molar-refractivity contribution in [3.8, 4) is 0 Å². The van der Waals surface area contributed by atoms with E-state index in [0.717, 1.165) is 5.92 Å². The third kappa shape index (κ3) is 5.04. The van der Waals surface area contributed by atoms with E-state index >= 15 is 0 Å². The monoisotopic (exact) mass is 280 g/mol. The van der Waals surface area contributed by atoms with E-state index in [2.05, 4.69) is 37.9 Å². The van der Waals surface area contributed by atoms with E-state index in [1.807, 2.05) is 0 Å². The summed E-state index contributed by atoms with van der Waals surface area (Å²) in [5.74, 6) is 0.937. The molecule has 0 aromatic carbocycles. The van der Waals surface area contributed by atoms with Crippen molar-refractivity contribution in [3.63, 3.8) is 0 Å². The zero-order valence-electron chi connectivity index (χ0n) is 14.3. The van der Waals surface area contributed by atoms with Crippen LogP contribution in [0, 0.1) is 11.3 Å². The van der Waals surface area contributed by atoms with Crippen molar-refractivity contribution in [2.45, 2.75) is 78.2 Å². The lowest BCUT2D eigenvalue weighted by Gasteiger charge is -2.37. The summed E-state index contributed by atoms with van der Waals surface area (Å²) >= 11 is 0. The molecule has 1 saturated heterocycles. The minimum absolute atomic E-state index is 0.253. The van der Waals surface area contributed by atoms with Crippen molar-refractivity contribution in [2.75, 3.05) is 26.2 Å². The molecule has 0 bridgehead atoms. The average Bonchev–Trinajstić information content (AvgIpc) is 2.72. The number of hydrogen-bond acceptors (Lipinski definition) is 2. The van der Waals surface area contributed by atoms with Gasteiger partial charge in [-0.15, -0.1) is 0 Å². The lowest BCUT2D eigenvalue weighted by molar-refractivity contribution is 0.142. The smallest absolute Gasteiger partial charge is 0.00967 e. The minimum Gasteiger partial charge on any atom is -0.311 e. The second-order valence-corrected chi connectivity index (χ2v) is 8.62. The van der Waals surface area contributed by atoms with Crippen molar-refractivity contribution in [1.82, 2.24) is 10.2 Å². The SMILES string of the molecule is CC1CCCN(CC2(CNC(C)(C)C)CCCC2)CC1. The highest BCUT2D eigenvalue weighted by molar-refractivity contribution is 4.91. The van der Waals surface area contributed by atoms with Crippen LogP contribution in [0.15, 0.2) is 0 Å². The molecule has 0 aromatic heterocycles. The second kappa shape index (κ2) is 6.79. The Balaban J connectivity index is 1.91. The third-order valence-corrected chi connectivity index (χ3v) is 5.33. The van der Waals surface area contributed by atoms with Crippen LogP contribution in [0.5, 0.6) is 0 Å². The summed E-state index contributed by atoms with van der Waals surface area (Å²) in [6, 6.07) is 0. The molecule has 20 heavy (non-hydrogen) atoms. The zero-order chi connectivity index (χ0) is 14.6. The van der Waals surface area contributed by atoms with Crippen LogP contribution in [0.3, 0.4) is 0 Å².